The first-order valence-electron chi connectivity index (χ1n) is 4.35. The minimum Gasteiger partial charge on any atom is -0.341 e. The maximum atomic E-state index is 11.3. The van der Waals surface area contributed by atoms with Crippen molar-refractivity contribution in [2.24, 2.45) is 7.05 Å². The number of aromatic nitrogens is 1. The molecule has 0 aliphatic heterocycles. The van der Waals surface area contributed by atoms with Gasteiger partial charge in [-0.2, -0.15) is 0 Å². The van der Waals surface area contributed by atoms with Crippen LogP contribution in [0, 0.1) is 0 Å². The third kappa shape index (κ3) is 1.38. The lowest BCUT2D eigenvalue weighted by atomic mass is 10.2. The SMILES string of the molecule is CC(=O)c1cc2cc(Br)ccc2n1C. The molecule has 1 heterocycles. The molecule has 2 rings (SSSR count). The Labute approximate surface area is 90.7 Å². The fourth-order valence-corrected chi connectivity index (χ4v) is 2.04. The molecule has 0 spiro atoms. The van der Waals surface area contributed by atoms with E-state index in [1.165, 1.54) is 0 Å². The van der Waals surface area contributed by atoms with Crippen LogP contribution in [0.2, 0.25) is 0 Å². The van der Waals surface area contributed by atoms with Crippen LogP contribution >= 0.6 is 15.9 Å². The van der Waals surface area contributed by atoms with E-state index in [2.05, 4.69) is 15.9 Å². The lowest BCUT2D eigenvalue weighted by Crippen LogP contribution is -2.00. The van der Waals surface area contributed by atoms with Gasteiger partial charge in [-0.25, -0.2) is 0 Å². The van der Waals surface area contributed by atoms with E-state index in [0.29, 0.717) is 0 Å². The number of Topliss-reactive ketones (excluding diaryl/α,β-unsaturated/α-hetero) is 1. The van der Waals surface area contributed by atoms with Crippen molar-refractivity contribution in [2.45, 2.75) is 6.92 Å². The Balaban J connectivity index is 2.79. The van der Waals surface area contributed by atoms with Crippen molar-refractivity contribution in [3.8, 4) is 0 Å². The molecule has 0 aliphatic carbocycles. The smallest absolute Gasteiger partial charge is 0.176 e. The topological polar surface area (TPSA) is 22.0 Å². The quantitative estimate of drug-likeness (QED) is 0.714. The summed E-state index contributed by atoms with van der Waals surface area (Å²) in [4.78, 5) is 11.3. The highest BCUT2D eigenvalue weighted by Crippen LogP contribution is 2.22. The monoisotopic (exact) mass is 251 g/mol. The molecule has 1 aromatic carbocycles. The average Bonchev–Trinajstić information content (AvgIpc) is 2.43. The fraction of sp³-hybridized carbons (Fsp3) is 0.182. The maximum Gasteiger partial charge on any atom is 0.176 e. The minimum absolute atomic E-state index is 0.0971. The zero-order valence-electron chi connectivity index (χ0n) is 8.04. The van der Waals surface area contributed by atoms with Gasteiger partial charge in [0.1, 0.15) is 0 Å². The van der Waals surface area contributed by atoms with Crippen LogP contribution in [0.5, 0.6) is 0 Å². The lowest BCUT2D eigenvalue weighted by Gasteiger charge is -1.99. The molecule has 0 radical (unpaired) electrons. The third-order valence-corrected chi connectivity index (χ3v) is 2.86. The second kappa shape index (κ2) is 3.24. The molecule has 14 heavy (non-hydrogen) atoms. The fourth-order valence-electron chi connectivity index (χ4n) is 1.66. The summed E-state index contributed by atoms with van der Waals surface area (Å²) in [6.07, 6.45) is 0. The molecule has 0 bridgehead atoms. The summed E-state index contributed by atoms with van der Waals surface area (Å²) < 4.78 is 2.95. The summed E-state index contributed by atoms with van der Waals surface area (Å²) in [6, 6.07) is 7.92. The number of hydrogen-bond acceptors (Lipinski definition) is 1. The van der Waals surface area contributed by atoms with Gasteiger partial charge < -0.3 is 4.57 Å². The average molecular weight is 252 g/mol. The molecule has 3 heteroatoms. The number of benzene rings is 1. The Morgan fingerprint density at radius 2 is 2.07 bits per heavy atom. The Morgan fingerprint density at radius 1 is 1.36 bits per heavy atom. The summed E-state index contributed by atoms with van der Waals surface area (Å²) >= 11 is 3.41. The number of hydrogen-bond donors (Lipinski definition) is 0. The number of fused-ring (bicyclic) bond motifs is 1. The normalized spacial score (nSPS) is 10.8. The van der Waals surface area contributed by atoms with Gasteiger partial charge >= 0.3 is 0 Å². The molecule has 2 aromatic rings. The van der Waals surface area contributed by atoms with Crippen LogP contribution in [-0.4, -0.2) is 10.4 Å². The number of carbonyl (C=O) groups excluding carboxylic acids is 1. The number of carbonyl (C=O) groups is 1. The molecule has 0 N–H and O–H groups in total. The predicted molar refractivity (Wildman–Crippen MR) is 60.6 cm³/mol. The van der Waals surface area contributed by atoms with E-state index >= 15 is 0 Å². The molecular formula is C11H10BrNO. The van der Waals surface area contributed by atoms with Gasteiger partial charge in [-0.05, 0) is 24.3 Å². The first-order valence-corrected chi connectivity index (χ1v) is 5.15. The summed E-state index contributed by atoms with van der Waals surface area (Å²) in [5, 5.41) is 1.09. The van der Waals surface area contributed by atoms with Crippen molar-refractivity contribution in [1.29, 1.82) is 0 Å². The zero-order chi connectivity index (χ0) is 10.3. The lowest BCUT2D eigenvalue weighted by molar-refractivity contribution is 0.101. The molecule has 0 unspecified atom stereocenters. The molecule has 2 nitrogen and oxygen atoms in total. The number of nitrogens with zero attached hydrogens (tertiary/aromatic N) is 1. The standard InChI is InChI=1S/C11H10BrNO/c1-7(14)11-6-8-5-9(12)3-4-10(8)13(11)2/h3-6H,1-2H3. The summed E-state index contributed by atoms with van der Waals surface area (Å²) in [6.45, 7) is 1.59. The van der Waals surface area contributed by atoms with Gasteiger partial charge in [-0.3, -0.25) is 4.79 Å². The van der Waals surface area contributed by atoms with Crippen molar-refractivity contribution in [3.05, 3.63) is 34.4 Å². The van der Waals surface area contributed by atoms with Crippen LogP contribution < -0.4 is 0 Å². The first kappa shape index (κ1) is 9.46. The summed E-state index contributed by atoms with van der Waals surface area (Å²) in [5.74, 6) is 0.0971. The molecule has 0 atom stereocenters. The van der Waals surface area contributed by atoms with Crippen molar-refractivity contribution in [3.63, 3.8) is 0 Å². The van der Waals surface area contributed by atoms with Gasteiger partial charge in [0.15, 0.2) is 5.78 Å². The van der Waals surface area contributed by atoms with Crippen molar-refractivity contribution in [2.75, 3.05) is 0 Å². The highest BCUT2D eigenvalue weighted by atomic mass is 79.9. The highest BCUT2D eigenvalue weighted by Gasteiger charge is 2.08. The van der Waals surface area contributed by atoms with E-state index in [4.69, 9.17) is 0 Å². The second-order valence-electron chi connectivity index (χ2n) is 3.35. The van der Waals surface area contributed by atoms with E-state index < -0.39 is 0 Å². The van der Waals surface area contributed by atoms with E-state index in [1.54, 1.807) is 6.92 Å². The van der Waals surface area contributed by atoms with Crippen LogP contribution in [0.25, 0.3) is 10.9 Å². The molecule has 1 aromatic heterocycles. The zero-order valence-corrected chi connectivity index (χ0v) is 9.63. The van der Waals surface area contributed by atoms with E-state index in [1.807, 2.05) is 35.9 Å². The number of rotatable bonds is 1. The molecule has 0 aliphatic rings. The van der Waals surface area contributed by atoms with E-state index in [-0.39, 0.29) is 5.78 Å². The first-order chi connectivity index (χ1) is 6.59. The molecular weight excluding hydrogens is 242 g/mol. The van der Waals surface area contributed by atoms with Gasteiger partial charge in [-0.1, -0.05) is 15.9 Å². The van der Waals surface area contributed by atoms with Crippen molar-refractivity contribution >= 4 is 32.6 Å². The molecule has 72 valence electrons. The van der Waals surface area contributed by atoms with Gasteiger partial charge in [0.2, 0.25) is 0 Å². The van der Waals surface area contributed by atoms with Crippen LogP contribution in [0.1, 0.15) is 17.4 Å². The Kier molecular flexibility index (Phi) is 2.19. The number of ketones is 1. The molecule has 0 saturated carbocycles. The Morgan fingerprint density at radius 3 is 2.71 bits per heavy atom. The second-order valence-corrected chi connectivity index (χ2v) is 4.26. The van der Waals surface area contributed by atoms with E-state index in [9.17, 15) is 4.79 Å². The molecule has 0 saturated heterocycles. The van der Waals surface area contributed by atoms with Crippen molar-refractivity contribution in [1.82, 2.24) is 4.57 Å². The summed E-state index contributed by atoms with van der Waals surface area (Å²) in [5.41, 5.74) is 1.83. The Bertz CT molecular complexity index is 513. The maximum absolute atomic E-state index is 11.3. The van der Waals surface area contributed by atoms with Crippen LogP contribution in [-0.2, 0) is 7.05 Å². The van der Waals surface area contributed by atoms with Gasteiger partial charge in [0.25, 0.3) is 0 Å². The van der Waals surface area contributed by atoms with Crippen LogP contribution in [0.15, 0.2) is 28.7 Å². The van der Waals surface area contributed by atoms with Gasteiger partial charge in [-0.15, -0.1) is 0 Å². The van der Waals surface area contributed by atoms with Crippen LogP contribution in [0.4, 0.5) is 0 Å². The number of aryl methyl sites for hydroxylation is 1. The Hall–Kier alpha value is -1.09. The van der Waals surface area contributed by atoms with E-state index in [0.717, 1.165) is 21.1 Å². The predicted octanol–water partition coefficient (Wildman–Crippen LogP) is 3.14. The minimum atomic E-state index is 0.0971. The highest BCUT2D eigenvalue weighted by molar-refractivity contribution is 9.10. The van der Waals surface area contributed by atoms with Crippen LogP contribution in [0.3, 0.4) is 0 Å². The molecule has 0 amide bonds. The third-order valence-electron chi connectivity index (χ3n) is 2.37. The largest absolute Gasteiger partial charge is 0.341 e. The number of halogens is 1. The van der Waals surface area contributed by atoms with Crippen molar-refractivity contribution < 1.29 is 4.79 Å². The molecule has 0 fully saturated rings. The summed E-state index contributed by atoms with van der Waals surface area (Å²) in [7, 11) is 1.91. The van der Waals surface area contributed by atoms with Gasteiger partial charge in [0, 0.05) is 29.3 Å². The van der Waals surface area contributed by atoms with Gasteiger partial charge in [0.05, 0.1) is 5.69 Å².